The zero-order valence-corrected chi connectivity index (χ0v) is 6.17. The summed E-state index contributed by atoms with van der Waals surface area (Å²) in [6, 6.07) is 0. The van der Waals surface area contributed by atoms with Gasteiger partial charge in [0, 0.05) is 0 Å². The van der Waals surface area contributed by atoms with Crippen LogP contribution in [0, 0.1) is 0 Å². The first-order valence-electron chi connectivity index (χ1n) is 3.52. The molecule has 1 aliphatic heterocycles. The van der Waals surface area contributed by atoms with Crippen LogP contribution < -0.4 is 0 Å². The van der Waals surface area contributed by atoms with Crippen LogP contribution in [0.5, 0.6) is 0 Å². The van der Waals surface area contributed by atoms with Crippen molar-refractivity contribution in [3.8, 4) is 0 Å². The van der Waals surface area contributed by atoms with Crippen molar-refractivity contribution in [1.29, 1.82) is 0 Å². The molecule has 0 amide bonds. The molecule has 0 aromatic carbocycles. The van der Waals surface area contributed by atoms with E-state index in [0.717, 1.165) is 0 Å². The first-order valence-corrected chi connectivity index (χ1v) is 3.52. The third-order valence-electron chi connectivity index (χ3n) is 1.82. The number of ether oxygens (including phenoxy) is 1. The SMILES string of the molecule is OCC1OC(O)C(F)C(O)[C@@H]1O. The highest BCUT2D eigenvalue weighted by atomic mass is 19.1. The molecule has 0 radical (unpaired) electrons. The van der Waals surface area contributed by atoms with Crippen molar-refractivity contribution in [3.05, 3.63) is 0 Å². The molecule has 4 unspecified atom stereocenters. The third-order valence-corrected chi connectivity index (χ3v) is 1.82. The molecule has 5 atom stereocenters. The van der Waals surface area contributed by atoms with Crippen molar-refractivity contribution in [3.63, 3.8) is 0 Å². The fraction of sp³-hybridized carbons (Fsp3) is 1.00. The Hall–Kier alpha value is -0.270. The molecular formula is C6H11FO5. The Balaban J connectivity index is 2.63. The lowest BCUT2D eigenvalue weighted by Crippen LogP contribution is -2.56. The molecular weight excluding hydrogens is 171 g/mol. The van der Waals surface area contributed by atoms with Crippen molar-refractivity contribution in [1.82, 2.24) is 0 Å². The highest BCUT2D eigenvalue weighted by molar-refractivity contribution is 4.88. The van der Waals surface area contributed by atoms with E-state index in [0.29, 0.717) is 0 Å². The second kappa shape index (κ2) is 3.63. The van der Waals surface area contributed by atoms with Crippen molar-refractivity contribution in [2.75, 3.05) is 6.61 Å². The number of hydrogen-bond acceptors (Lipinski definition) is 5. The summed E-state index contributed by atoms with van der Waals surface area (Å²) in [6.45, 7) is -0.581. The topological polar surface area (TPSA) is 90.2 Å². The van der Waals surface area contributed by atoms with Crippen molar-refractivity contribution >= 4 is 0 Å². The second-order valence-electron chi connectivity index (χ2n) is 2.67. The van der Waals surface area contributed by atoms with Gasteiger partial charge in [0.05, 0.1) is 6.61 Å². The molecule has 1 saturated heterocycles. The van der Waals surface area contributed by atoms with Crippen LogP contribution in [0.2, 0.25) is 0 Å². The molecule has 0 aromatic rings. The van der Waals surface area contributed by atoms with E-state index < -0.39 is 37.4 Å². The summed E-state index contributed by atoms with van der Waals surface area (Å²) in [4.78, 5) is 0. The standard InChI is InChI=1S/C6H11FO5/c7-3-5(10)4(9)2(1-8)12-6(3)11/h2-6,8-11H,1H2/t2?,3?,4-,5?,6?/m1/s1. The Morgan fingerprint density at radius 3 is 2.25 bits per heavy atom. The smallest absolute Gasteiger partial charge is 0.189 e. The van der Waals surface area contributed by atoms with Gasteiger partial charge < -0.3 is 25.2 Å². The van der Waals surface area contributed by atoms with Crippen LogP contribution in [0.25, 0.3) is 0 Å². The fourth-order valence-corrected chi connectivity index (χ4v) is 1.06. The maximum atomic E-state index is 12.7. The molecule has 0 spiro atoms. The predicted octanol–water partition coefficient (Wildman–Crippen LogP) is -2.24. The Kier molecular flexibility index (Phi) is 2.97. The minimum atomic E-state index is -2.04. The summed E-state index contributed by atoms with van der Waals surface area (Å²) >= 11 is 0. The molecule has 1 fully saturated rings. The Bertz CT molecular complexity index is 150. The number of aliphatic hydroxyl groups excluding tert-OH is 4. The van der Waals surface area contributed by atoms with E-state index in [1.54, 1.807) is 0 Å². The second-order valence-corrected chi connectivity index (χ2v) is 2.67. The third kappa shape index (κ3) is 1.57. The van der Waals surface area contributed by atoms with Crippen LogP contribution >= 0.6 is 0 Å². The molecule has 0 aliphatic carbocycles. The quantitative estimate of drug-likeness (QED) is 0.368. The van der Waals surface area contributed by atoms with Crippen LogP contribution in [-0.4, -0.2) is 57.8 Å². The molecule has 72 valence electrons. The largest absolute Gasteiger partial charge is 0.394 e. The maximum absolute atomic E-state index is 12.7. The Morgan fingerprint density at radius 2 is 1.75 bits per heavy atom. The van der Waals surface area contributed by atoms with Crippen LogP contribution in [0.1, 0.15) is 0 Å². The van der Waals surface area contributed by atoms with E-state index in [4.69, 9.17) is 20.4 Å². The van der Waals surface area contributed by atoms with Crippen LogP contribution in [0.3, 0.4) is 0 Å². The summed E-state index contributed by atoms with van der Waals surface area (Å²) in [5.41, 5.74) is 0. The van der Waals surface area contributed by atoms with Crippen LogP contribution in [0.4, 0.5) is 4.39 Å². The number of rotatable bonds is 1. The Labute approximate surface area is 68.0 Å². The summed E-state index contributed by atoms with van der Waals surface area (Å²) in [5, 5.41) is 35.3. The number of alkyl halides is 1. The Morgan fingerprint density at radius 1 is 1.17 bits per heavy atom. The lowest BCUT2D eigenvalue weighted by Gasteiger charge is -2.36. The van der Waals surface area contributed by atoms with E-state index in [1.807, 2.05) is 0 Å². The van der Waals surface area contributed by atoms with E-state index in [9.17, 15) is 4.39 Å². The molecule has 1 aliphatic rings. The van der Waals surface area contributed by atoms with Gasteiger partial charge in [0.15, 0.2) is 12.5 Å². The summed E-state index contributed by atoms with van der Waals surface area (Å²) in [5.74, 6) is 0. The van der Waals surface area contributed by atoms with Gasteiger partial charge in [-0.05, 0) is 0 Å². The van der Waals surface area contributed by atoms with E-state index >= 15 is 0 Å². The molecule has 1 heterocycles. The van der Waals surface area contributed by atoms with Gasteiger partial charge in [0.1, 0.15) is 18.3 Å². The van der Waals surface area contributed by atoms with Crippen molar-refractivity contribution in [2.24, 2.45) is 0 Å². The van der Waals surface area contributed by atoms with E-state index in [-0.39, 0.29) is 0 Å². The van der Waals surface area contributed by atoms with Gasteiger partial charge in [-0.2, -0.15) is 0 Å². The van der Waals surface area contributed by atoms with Gasteiger partial charge in [0.2, 0.25) is 0 Å². The van der Waals surface area contributed by atoms with Gasteiger partial charge in [0.25, 0.3) is 0 Å². The maximum Gasteiger partial charge on any atom is 0.189 e. The zero-order chi connectivity index (χ0) is 9.30. The average molecular weight is 182 g/mol. The fourth-order valence-electron chi connectivity index (χ4n) is 1.06. The zero-order valence-electron chi connectivity index (χ0n) is 6.17. The van der Waals surface area contributed by atoms with Crippen LogP contribution in [-0.2, 0) is 4.74 Å². The highest BCUT2D eigenvalue weighted by Gasteiger charge is 2.43. The molecule has 0 bridgehead atoms. The molecule has 1 rings (SSSR count). The van der Waals surface area contributed by atoms with Crippen molar-refractivity contribution in [2.45, 2.75) is 30.8 Å². The van der Waals surface area contributed by atoms with Gasteiger partial charge >= 0.3 is 0 Å². The average Bonchev–Trinajstić information content (AvgIpc) is 2.08. The van der Waals surface area contributed by atoms with Gasteiger partial charge in [-0.3, -0.25) is 0 Å². The highest BCUT2D eigenvalue weighted by Crippen LogP contribution is 2.21. The van der Waals surface area contributed by atoms with Gasteiger partial charge in [-0.25, -0.2) is 4.39 Å². The molecule has 5 nitrogen and oxygen atoms in total. The molecule has 6 heteroatoms. The van der Waals surface area contributed by atoms with Gasteiger partial charge in [-0.15, -0.1) is 0 Å². The first kappa shape index (κ1) is 9.82. The molecule has 0 aromatic heterocycles. The molecule has 0 saturated carbocycles. The van der Waals surface area contributed by atoms with E-state index in [2.05, 4.69) is 4.74 Å². The van der Waals surface area contributed by atoms with Crippen LogP contribution in [0.15, 0.2) is 0 Å². The lowest BCUT2D eigenvalue weighted by atomic mass is 10.0. The monoisotopic (exact) mass is 182 g/mol. The molecule has 12 heavy (non-hydrogen) atoms. The minimum Gasteiger partial charge on any atom is -0.394 e. The van der Waals surface area contributed by atoms with E-state index in [1.165, 1.54) is 0 Å². The van der Waals surface area contributed by atoms with Crippen molar-refractivity contribution < 1.29 is 29.6 Å². The first-order chi connectivity index (χ1) is 5.57. The summed E-state index contributed by atoms with van der Waals surface area (Å²) in [6.07, 6.45) is -8.19. The number of hydrogen-bond donors (Lipinski definition) is 4. The number of aliphatic hydroxyl groups is 4. The normalized spacial score (nSPS) is 49.2. The predicted molar refractivity (Wildman–Crippen MR) is 34.9 cm³/mol. The summed E-state index contributed by atoms with van der Waals surface area (Å²) < 4.78 is 17.1. The van der Waals surface area contributed by atoms with Gasteiger partial charge in [-0.1, -0.05) is 0 Å². The summed E-state index contributed by atoms with van der Waals surface area (Å²) in [7, 11) is 0. The minimum absolute atomic E-state index is 0.581. The lowest BCUT2D eigenvalue weighted by molar-refractivity contribution is -0.271. The molecule has 4 N–H and O–H groups in total. The number of halogens is 1.